The minimum atomic E-state index is -0.476. The summed E-state index contributed by atoms with van der Waals surface area (Å²) in [6, 6.07) is 102. The first-order chi connectivity index (χ1) is 37.7. The topological polar surface area (TPSA) is 14.3 Å². The largest absolute Gasteiger partial charge is 0.309 e. The minimum absolute atomic E-state index is 0.476. The molecule has 0 spiro atoms. The van der Waals surface area contributed by atoms with Gasteiger partial charge in [0, 0.05) is 54.5 Å². The van der Waals surface area contributed by atoms with Gasteiger partial charge in [-0.15, -0.1) is 0 Å². The first-order valence-electron chi connectivity index (χ1n) is 26.4. The van der Waals surface area contributed by atoms with Crippen molar-refractivity contribution in [3.8, 4) is 44.8 Å². The average molecular weight is 964 g/mol. The second kappa shape index (κ2) is 15.5. The van der Waals surface area contributed by atoms with Crippen molar-refractivity contribution < 1.29 is 0 Å². The molecule has 0 saturated carbocycles. The fraction of sp³-hybridized carbons (Fsp3) is 0.0137. The van der Waals surface area contributed by atoms with Crippen LogP contribution in [0.5, 0.6) is 0 Å². The summed E-state index contributed by atoms with van der Waals surface area (Å²) < 4.78 is 7.40. The summed E-state index contributed by atoms with van der Waals surface area (Å²) in [4.78, 5) is 0. The Bertz CT molecular complexity index is 4910. The van der Waals surface area contributed by atoms with E-state index in [0.29, 0.717) is 0 Å². The summed E-state index contributed by atoms with van der Waals surface area (Å²) in [5, 5.41) is 10.1. The number of aromatic nitrogens is 3. The molecule has 17 rings (SSSR count). The molecule has 0 unspecified atom stereocenters. The Balaban J connectivity index is 0.764. The van der Waals surface area contributed by atoms with Crippen LogP contribution in [-0.2, 0) is 5.41 Å². The van der Waals surface area contributed by atoms with Gasteiger partial charge in [0.2, 0.25) is 0 Å². The maximum atomic E-state index is 2.47. The van der Waals surface area contributed by atoms with Crippen molar-refractivity contribution in [1.29, 1.82) is 0 Å². The molecule has 0 atom stereocenters. The highest BCUT2D eigenvalue weighted by atomic mass is 15.0. The molecule has 4 aromatic heterocycles. The smallest absolute Gasteiger partial charge is 0.0714 e. The summed E-state index contributed by atoms with van der Waals surface area (Å²) in [6.45, 7) is 0. The van der Waals surface area contributed by atoms with E-state index in [9.17, 15) is 0 Å². The lowest BCUT2D eigenvalue weighted by molar-refractivity contribution is 0.767. The maximum Gasteiger partial charge on any atom is 0.0714 e. The molecular formula is C73H45N3. The first kappa shape index (κ1) is 41.5. The third kappa shape index (κ3) is 5.56. The Hall–Kier alpha value is -9.96. The molecule has 3 nitrogen and oxygen atoms in total. The van der Waals surface area contributed by atoms with E-state index in [1.807, 2.05) is 0 Å². The lowest BCUT2D eigenvalue weighted by atomic mass is 9.67. The second-order valence-corrected chi connectivity index (χ2v) is 20.8. The Morgan fingerprint density at radius 3 is 1.18 bits per heavy atom. The molecule has 76 heavy (non-hydrogen) atoms. The zero-order chi connectivity index (χ0) is 49.6. The Kier molecular flexibility index (Phi) is 8.48. The standard InChI is InChI=1S/C73H45N3/c1-3-17-50(18-4-1)73(51-19-5-2-6-20-51)64-26-12-7-21-54(64)55-38-37-52(45-65(55)73)74-66-27-13-8-22-56(66)60-41-48(35-39-70(60)74)46-31-33-47(34-32-46)49-36-40-71-61(42-49)57-23-9-14-28-67(57)75(71)53-43-62-58-24-10-15-29-68(58)76-69-30-16-11-25-59(69)63(44-53)72(62)76/h1-45H. The number of hydrogen-bond acceptors (Lipinski definition) is 0. The molecule has 0 saturated heterocycles. The highest BCUT2D eigenvalue weighted by molar-refractivity contribution is 6.24. The van der Waals surface area contributed by atoms with Crippen LogP contribution in [0, 0.1) is 0 Å². The van der Waals surface area contributed by atoms with E-state index in [2.05, 4.69) is 287 Å². The first-order valence-corrected chi connectivity index (χ1v) is 26.4. The minimum Gasteiger partial charge on any atom is -0.309 e. The van der Waals surface area contributed by atoms with E-state index in [1.54, 1.807) is 0 Å². The predicted molar refractivity (Wildman–Crippen MR) is 318 cm³/mol. The van der Waals surface area contributed by atoms with Crippen LogP contribution in [0.25, 0.3) is 126 Å². The fourth-order valence-electron chi connectivity index (χ4n) is 13.9. The second-order valence-electron chi connectivity index (χ2n) is 20.8. The zero-order valence-corrected chi connectivity index (χ0v) is 41.3. The van der Waals surface area contributed by atoms with Crippen LogP contribution >= 0.6 is 0 Å². The lowest BCUT2D eigenvalue weighted by Crippen LogP contribution is -2.28. The zero-order valence-electron chi connectivity index (χ0n) is 41.3. The third-order valence-electron chi connectivity index (χ3n) is 17.0. The summed E-state index contributed by atoms with van der Waals surface area (Å²) in [6.07, 6.45) is 0. The number of hydrogen-bond donors (Lipinski definition) is 0. The van der Waals surface area contributed by atoms with Gasteiger partial charge in [0.25, 0.3) is 0 Å². The SMILES string of the molecule is c1ccc(C2(c3ccccc3)c3ccccc3-c3ccc(-n4c5ccccc5c5cc(-c6ccc(-c7ccc8c(c7)c7ccccc7n8-c7cc8c9ccccc9n9c%10ccccc%10c(c7)c89)cc6)ccc54)cc32)cc1. The molecular weight excluding hydrogens is 919 g/mol. The Labute approximate surface area is 438 Å². The molecule has 12 aromatic carbocycles. The van der Waals surface area contributed by atoms with Crippen molar-refractivity contribution in [2.75, 3.05) is 0 Å². The van der Waals surface area contributed by atoms with Crippen molar-refractivity contribution in [3.05, 3.63) is 295 Å². The van der Waals surface area contributed by atoms with Crippen LogP contribution in [0.2, 0.25) is 0 Å². The van der Waals surface area contributed by atoms with Crippen molar-refractivity contribution >= 4 is 81.7 Å². The summed E-state index contributed by atoms with van der Waals surface area (Å²) in [5.41, 5.74) is 23.0. The van der Waals surface area contributed by atoms with Crippen LogP contribution in [0.1, 0.15) is 22.3 Å². The van der Waals surface area contributed by atoms with Crippen LogP contribution in [-0.4, -0.2) is 13.5 Å². The summed E-state index contributed by atoms with van der Waals surface area (Å²) >= 11 is 0. The van der Waals surface area contributed by atoms with E-state index in [4.69, 9.17) is 0 Å². The van der Waals surface area contributed by atoms with E-state index < -0.39 is 5.41 Å². The van der Waals surface area contributed by atoms with Crippen molar-refractivity contribution in [3.63, 3.8) is 0 Å². The quantitative estimate of drug-likeness (QED) is 0.158. The van der Waals surface area contributed by atoms with Gasteiger partial charge in [-0.2, -0.15) is 0 Å². The molecule has 0 radical (unpaired) electrons. The van der Waals surface area contributed by atoms with E-state index >= 15 is 0 Å². The fourth-order valence-corrected chi connectivity index (χ4v) is 13.9. The molecule has 1 aliphatic rings. The van der Waals surface area contributed by atoms with Crippen molar-refractivity contribution in [2.24, 2.45) is 0 Å². The van der Waals surface area contributed by atoms with E-state index in [1.165, 1.54) is 143 Å². The van der Waals surface area contributed by atoms with Crippen molar-refractivity contribution in [1.82, 2.24) is 13.5 Å². The molecule has 1 aliphatic carbocycles. The molecule has 0 fully saturated rings. The normalized spacial score (nSPS) is 13.1. The average Bonchev–Trinajstić information content (AvgIpc) is 4.48. The molecule has 3 heteroatoms. The molecule has 4 heterocycles. The van der Waals surface area contributed by atoms with Gasteiger partial charge < -0.3 is 13.5 Å². The van der Waals surface area contributed by atoms with Gasteiger partial charge in [0.05, 0.1) is 44.0 Å². The summed E-state index contributed by atoms with van der Waals surface area (Å²) in [7, 11) is 0. The van der Waals surface area contributed by atoms with Gasteiger partial charge in [0.15, 0.2) is 0 Å². The molecule has 352 valence electrons. The van der Waals surface area contributed by atoms with E-state index in [-0.39, 0.29) is 0 Å². The number of benzene rings is 12. The van der Waals surface area contributed by atoms with Gasteiger partial charge in [-0.1, -0.05) is 200 Å². The van der Waals surface area contributed by atoms with Gasteiger partial charge in [0.1, 0.15) is 0 Å². The molecule has 0 bridgehead atoms. The maximum absolute atomic E-state index is 2.47. The monoisotopic (exact) mass is 963 g/mol. The van der Waals surface area contributed by atoms with Crippen LogP contribution in [0.15, 0.2) is 273 Å². The number of rotatable bonds is 6. The van der Waals surface area contributed by atoms with Crippen molar-refractivity contribution in [2.45, 2.75) is 5.41 Å². The highest BCUT2D eigenvalue weighted by Crippen LogP contribution is 2.57. The molecule has 16 aromatic rings. The van der Waals surface area contributed by atoms with Gasteiger partial charge in [-0.05, 0) is 128 Å². The molecule has 0 N–H and O–H groups in total. The van der Waals surface area contributed by atoms with Gasteiger partial charge in [-0.3, -0.25) is 0 Å². The lowest BCUT2D eigenvalue weighted by Gasteiger charge is -2.34. The molecule has 0 aliphatic heterocycles. The number of para-hydroxylation sites is 4. The van der Waals surface area contributed by atoms with Crippen LogP contribution in [0.3, 0.4) is 0 Å². The third-order valence-corrected chi connectivity index (χ3v) is 17.0. The van der Waals surface area contributed by atoms with Gasteiger partial charge in [-0.25, -0.2) is 0 Å². The van der Waals surface area contributed by atoms with Crippen LogP contribution < -0.4 is 0 Å². The van der Waals surface area contributed by atoms with E-state index in [0.717, 1.165) is 5.69 Å². The Morgan fingerprint density at radius 1 is 0.237 bits per heavy atom. The highest BCUT2D eigenvalue weighted by Gasteiger charge is 2.46. The number of nitrogens with zero attached hydrogens (tertiary/aromatic N) is 3. The Morgan fingerprint density at radius 2 is 0.645 bits per heavy atom. The number of fused-ring (bicyclic) bond motifs is 15. The molecule has 0 amide bonds. The predicted octanol–water partition coefficient (Wildman–Crippen LogP) is 18.7. The van der Waals surface area contributed by atoms with Gasteiger partial charge >= 0.3 is 0 Å². The summed E-state index contributed by atoms with van der Waals surface area (Å²) in [5.74, 6) is 0. The van der Waals surface area contributed by atoms with Crippen LogP contribution in [0.4, 0.5) is 0 Å².